The quantitative estimate of drug-likeness (QED) is 0.541. The molecular formula is C22H33N5S. The van der Waals surface area contributed by atoms with Gasteiger partial charge in [-0.3, -0.25) is 9.80 Å². The number of nitrogens with zero attached hydrogens (tertiary/aromatic N) is 3. The van der Waals surface area contributed by atoms with Gasteiger partial charge < -0.3 is 15.5 Å². The highest BCUT2D eigenvalue weighted by molar-refractivity contribution is 7.80. The Balaban J connectivity index is 1.44. The lowest BCUT2D eigenvalue weighted by molar-refractivity contribution is -0.00646. The zero-order valence-electron chi connectivity index (χ0n) is 17.3. The Morgan fingerprint density at radius 3 is 2.64 bits per heavy atom. The summed E-state index contributed by atoms with van der Waals surface area (Å²) >= 11 is 5.51. The van der Waals surface area contributed by atoms with Crippen LogP contribution in [0.3, 0.4) is 0 Å². The number of fused-ring (bicyclic) bond motifs is 3. The van der Waals surface area contributed by atoms with Gasteiger partial charge in [-0.1, -0.05) is 5.92 Å². The molecule has 6 heteroatoms. The van der Waals surface area contributed by atoms with Crippen LogP contribution in [0.2, 0.25) is 0 Å². The molecule has 1 aromatic rings. The van der Waals surface area contributed by atoms with Crippen LogP contribution >= 0.6 is 12.2 Å². The first-order valence-electron chi connectivity index (χ1n) is 10.1. The van der Waals surface area contributed by atoms with Crippen LogP contribution in [-0.4, -0.2) is 74.8 Å². The number of thiocarbonyl (C=S) groups is 1. The van der Waals surface area contributed by atoms with Crippen LogP contribution in [0, 0.1) is 24.2 Å². The van der Waals surface area contributed by atoms with E-state index in [1.165, 1.54) is 31.6 Å². The molecule has 2 N–H and O–H groups in total. The molecule has 152 valence electrons. The molecule has 3 fully saturated rings. The fourth-order valence-corrected chi connectivity index (χ4v) is 4.72. The van der Waals surface area contributed by atoms with Crippen molar-refractivity contribution < 1.29 is 0 Å². The van der Waals surface area contributed by atoms with Crippen molar-refractivity contribution in [2.45, 2.75) is 18.9 Å². The van der Waals surface area contributed by atoms with Crippen molar-refractivity contribution in [3.05, 3.63) is 24.3 Å². The summed E-state index contributed by atoms with van der Waals surface area (Å²) in [5, 5.41) is 7.43. The monoisotopic (exact) mass is 399 g/mol. The minimum absolute atomic E-state index is 0.573. The van der Waals surface area contributed by atoms with E-state index in [2.05, 4.69) is 62.6 Å². The minimum atomic E-state index is 0.573. The van der Waals surface area contributed by atoms with Crippen molar-refractivity contribution in [2.24, 2.45) is 11.8 Å². The Hall–Kier alpha value is -1.81. The molecule has 0 amide bonds. The Morgan fingerprint density at radius 2 is 2.04 bits per heavy atom. The Labute approximate surface area is 175 Å². The summed E-state index contributed by atoms with van der Waals surface area (Å²) in [5.41, 5.74) is 2.20. The number of hydrogen-bond acceptors (Lipinski definition) is 4. The van der Waals surface area contributed by atoms with Gasteiger partial charge in [0.05, 0.1) is 6.54 Å². The first kappa shape index (κ1) is 20.9. The van der Waals surface area contributed by atoms with Crippen LogP contribution in [0.5, 0.6) is 0 Å². The van der Waals surface area contributed by atoms with Gasteiger partial charge >= 0.3 is 0 Å². The number of rotatable bonds is 7. The Morgan fingerprint density at radius 1 is 1.29 bits per heavy atom. The number of anilines is 2. The third kappa shape index (κ3) is 5.38. The highest BCUT2D eigenvalue weighted by atomic mass is 32.1. The van der Waals surface area contributed by atoms with Gasteiger partial charge in [-0.2, -0.15) is 0 Å². The number of benzene rings is 1. The molecule has 0 aromatic heterocycles. The molecule has 0 saturated carbocycles. The first-order chi connectivity index (χ1) is 13.5. The van der Waals surface area contributed by atoms with Gasteiger partial charge in [0.2, 0.25) is 0 Å². The second-order valence-corrected chi connectivity index (χ2v) is 8.78. The van der Waals surface area contributed by atoms with E-state index in [4.69, 9.17) is 18.6 Å². The number of piperidine rings is 3. The second-order valence-electron chi connectivity index (χ2n) is 8.37. The number of hydrogen-bond donors (Lipinski definition) is 2. The smallest absolute Gasteiger partial charge is 0.170 e. The SMILES string of the molecule is C#CCN(C)C[C@H]1CN2CC[C@@H]1C[C@H]2CNC(=S)Nc1ccc(N(C)C)cc1. The lowest BCUT2D eigenvalue weighted by Crippen LogP contribution is -2.58. The van der Waals surface area contributed by atoms with Crippen LogP contribution in [0.25, 0.3) is 0 Å². The molecule has 2 bridgehead atoms. The molecule has 4 atom stereocenters. The highest BCUT2D eigenvalue weighted by Crippen LogP contribution is 2.36. The molecule has 5 nitrogen and oxygen atoms in total. The van der Waals surface area contributed by atoms with Crippen molar-refractivity contribution in [2.75, 3.05) is 64.1 Å². The Bertz CT molecular complexity index is 696. The second kappa shape index (κ2) is 9.60. The summed E-state index contributed by atoms with van der Waals surface area (Å²) in [6.07, 6.45) is 8.01. The van der Waals surface area contributed by atoms with Gasteiger partial charge in [0.15, 0.2) is 5.11 Å². The van der Waals surface area contributed by atoms with Gasteiger partial charge in [-0.05, 0) is 74.8 Å². The summed E-state index contributed by atoms with van der Waals surface area (Å²) in [5.74, 6) is 4.29. The number of nitrogens with one attached hydrogen (secondary N) is 2. The van der Waals surface area contributed by atoms with E-state index in [-0.39, 0.29) is 0 Å². The normalized spacial score (nSPS) is 26.0. The van der Waals surface area contributed by atoms with Crippen molar-refractivity contribution in [3.63, 3.8) is 0 Å². The third-order valence-electron chi connectivity index (χ3n) is 6.06. The molecule has 3 saturated heterocycles. The van der Waals surface area contributed by atoms with Crippen molar-refractivity contribution in [3.8, 4) is 12.3 Å². The average molecular weight is 400 g/mol. The molecule has 3 aliphatic heterocycles. The molecule has 28 heavy (non-hydrogen) atoms. The summed E-state index contributed by atoms with van der Waals surface area (Å²) < 4.78 is 0. The maximum absolute atomic E-state index is 5.51. The van der Waals surface area contributed by atoms with E-state index in [1.54, 1.807) is 0 Å². The van der Waals surface area contributed by atoms with Crippen molar-refractivity contribution >= 4 is 28.7 Å². The summed E-state index contributed by atoms with van der Waals surface area (Å²) in [6.45, 7) is 5.14. The molecule has 0 spiro atoms. The molecule has 0 aliphatic carbocycles. The van der Waals surface area contributed by atoms with Gasteiger partial charge in [-0.15, -0.1) is 6.42 Å². The molecule has 3 aliphatic rings. The van der Waals surface area contributed by atoms with E-state index < -0.39 is 0 Å². The lowest BCUT2D eigenvalue weighted by atomic mass is 9.75. The standard InChI is InChI=1S/C22H33N5S/c1-5-11-26(4)15-18-16-27-12-10-17(18)13-21(27)14-23-22(28)24-19-6-8-20(9-7-19)25(2)3/h1,6-9,17-18,21H,10-16H2,2-4H3,(H2,23,24,28)/t17-,18+,21+/m1/s1. The third-order valence-corrected chi connectivity index (χ3v) is 6.31. The fourth-order valence-electron chi connectivity index (χ4n) is 4.52. The zero-order chi connectivity index (χ0) is 20.1. The van der Waals surface area contributed by atoms with Crippen LogP contribution in [0.1, 0.15) is 12.8 Å². The van der Waals surface area contributed by atoms with E-state index >= 15 is 0 Å². The summed E-state index contributed by atoms with van der Waals surface area (Å²) in [4.78, 5) is 7.00. The maximum atomic E-state index is 5.51. The molecule has 0 radical (unpaired) electrons. The molecular weight excluding hydrogens is 366 g/mol. The molecule has 4 rings (SSSR count). The van der Waals surface area contributed by atoms with E-state index in [1.807, 2.05) is 14.1 Å². The average Bonchev–Trinajstić information content (AvgIpc) is 2.68. The van der Waals surface area contributed by atoms with Gasteiger partial charge in [0.25, 0.3) is 0 Å². The zero-order valence-corrected chi connectivity index (χ0v) is 18.1. The van der Waals surface area contributed by atoms with E-state index in [9.17, 15) is 0 Å². The maximum Gasteiger partial charge on any atom is 0.170 e. The molecule has 3 heterocycles. The molecule has 1 unspecified atom stereocenters. The largest absolute Gasteiger partial charge is 0.378 e. The molecule has 1 aromatic carbocycles. The topological polar surface area (TPSA) is 33.8 Å². The van der Waals surface area contributed by atoms with Crippen LogP contribution in [0.4, 0.5) is 11.4 Å². The number of terminal acetylenes is 1. The predicted molar refractivity (Wildman–Crippen MR) is 123 cm³/mol. The fraction of sp³-hybridized carbons (Fsp3) is 0.591. The van der Waals surface area contributed by atoms with Crippen molar-refractivity contribution in [1.29, 1.82) is 0 Å². The Kier molecular flexibility index (Phi) is 7.17. The minimum Gasteiger partial charge on any atom is -0.378 e. The predicted octanol–water partition coefficient (Wildman–Crippen LogP) is 2.31. The summed E-state index contributed by atoms with van der Waals surface area (Å²) in [6, 6.07) is 8.88. The van der Waals surface area contributed by atoms with Gasteiger partial charge in [-0.25, -0.2) is 0 Å². The van der Waals surface area contributed by atoms with Gasteiger partial charge in [0, 0.05) is 51.1 Å². The lowest BCUT2D eigenvalue weighted by Gasteiger charge is -2.50. The summed E-state index contributed by atoms with van der Waals surface area (Å²) in [7, 11) is 6.21. The van der Waals surface area contributed by atoms with Crippen LogP contribution in [-0.2, 0) is 0 Å². The van der Waals surface area contributed by atoms with Crippen LogP contribution < -0.4 is 15.5 Å². The van der Waals surface area contributed by atoms with E-state index in [0.29, 0.717) is 11.2 Å². The first-order valence-corrected chi connectivity index (χ1v) is 10.6. The van der Waals surface area contributed by atoms with Crippen LogP contribution in [0.15, 0.2) is 24.3 Å². The van der Waals surface area contributed by atoms with Crippen molar-refractivity contribution in [1.82, 2.24) is 15.1 Å². The van der Waals surface area contributed by atoms with E-state index in [0.717, 1.165) is 37.2 Å². The van der Waals surface area contributed by atoms with Gasteiger partial charge in [0.1, 0.15) is 0 Å². The highest BCUT2D eigenvalue weighted by Gasteiger charge is 2.40.